The number of non-ortho nitro benzene ring substituents is 1. The van der Waals surface area contributed by atoms with E-state index >= 15 is 0 Å². The molecular weight excluding hydrogens is 376 g/mol. The molecule has 0 atom stereocenters. The molecule has 144 valence electrons. The average Bonchev–Trinajstić information content (AvgIpc) is 3.31. The number of nitro groups is 1. The Balaban J connectivity index is 1.47. The maximum Gasteiger partial charge on any atom is 0.297 e. The predicted molar refractivity (Wildman–Crippen MR) is 105 cm³/mol. The fraction of sp³-hybridized carbons (Fsp3) is 0.150. The summed E-state index contributed by atoms with van der Waals surface area (Å²) >= 11 is 0. The minimum Gasteiger partial charge on any atom is -0.448 e. The number of fused-ring (bicyclic) bond motifs is 4. The van der Waals surface area contributed by atoms with E-state index in [-0.39, 0.29) is 23.7 Å². The number of aromatic nitrogens is 2. The molecule has 2 aromatic carbocycles. The highest BCUT2D eigenvalue weighted by atomic mass is 16.6. The van der Waals surface area contributed by atoms with E-state index in [2.05, 4.69) is 4.98 Å². The van der Waals surface area contributed by atoms with Gasteiger partial charge in [0.25, 0.3) is 11.2 Å². The predicted octanol–water partition coefficient (Wildman–Crippen LogP) is 2.64. The SMILES string of the molecule is O=C(Cn1cnc2c(oc3ccccc32)c1=O)N1CCc2cc([N+](=O)[O-])ccc21. The normalized spacial score (nSPS) is 13.2. The Morgan fingerprint density at radius 2 is 2.07 bits per heavy atom. The lowest BCUT2D eigenvalue weighted by Crippen LogP contribution is -2.35. The molecule has 0 aliphatic carbocycles. The lowest BCUT2D eigenvalue weighted by molar-refractivity contribution is -0.384. The van der Waals surface area contributed by atoms with Gasteiger partial charge >= 0.3 is 0 Å². The Hall–Kier alpha value is -4.01. The van der Waals surface area contributed by atoms with Gasteiger partial charge < -0.3 is 9.32 Å². The number of rotatable bonds is 3. The molecule has 0 bridgehead atoms. The number of carbonyl (C=O) groups is 1. The van der Waals surface area contributed by atoms with E-state index in [1.54, 1.807) is 12.1 Å². The van der Waals surface area contributed by atoms with E-state index in [4.69, 9.17) is 4.42 Å². The summed E-state index contributed by atoms with van der Waals surface area (Å²) in [6, 6.07) is 11.7. The smallest absolute Gasteiger partial charge is 0.297 e. The topological polar surface area (TPSA) is 111 Å². The number of nitrogens with zero attached hydrogens (tertiary/aromatic N) is 4. The molecule has 29 heavy (non-hydrogen) atoms. The average molecular weight is 390 g/mol. The summed E-state index contributed by atoms with van der Waals surface area (Å²) in [5.74, 6) is -0.294. The van der Waals surface area contributed by atoms with Crippen molar-refractivity contribution in [3.63, 3.8) is 0 Å². The van der Waals surface area contributed by atoms with Crippen LogP contribution in [-0.4, -0.2) is 26.9 Å². The van der Waals surface area contributed by atoms with Crippen molar-refractivity contribution in [3.8, 4) is 0 Å². The van der Waals surface area contributed by atoms with Gasteiger partial charge in [0, 0.05) is 29.8 Å². The molecule has 0 fully saturated rings. The standard InChI is InChI=1S/C20H14N4O5/c25-17(23-8-7-12-9-13(24(27)28)5-6-15(12)23)10-22-11-21-18-14-3-1-2-4-16(14)29-19(18)20(22)26/h1-6,9,11H,7-8,10H2. The molecule has 9 heteroatoms. The van der Waals surface area contributed by atoms with E-state index in [1.165, 1.54) is 27.9 Å². The second-order valence-electron chi connectivity index (χ2n) is 6.82. The third-order valence-electron chi connectivity index (χ3n) is 5.13. The first-order chi connectivity index (χ1) is 14.0. The molecule has 1 aliphatic rings. The fourth-order valence-electron chi connectivity index (χ4n) is 3.72. The molecule has 0 saturated heterocycles. The zero-order chi connectivity index (χ0) is 20.1. The van der Waals surface area contributed by atoms with E-state index < -0.39 is 10.5 Å². The van der Waals surface area contributed by atoms with Crippen LogP contribution in [0.4, 0.5) is 11.4 Å². The molecule has 2 aromatic heterocycles. The van der Waals surface area contributed by atoms with Gasteiger partial charge in [0.15, 0.2) is 0 Å². The molecule has 1 amide bonds. The number of hydrogen-bond donors (Lipinski definition) is 0. The highest BCUT2D eigenvalue weighted by Crippen LogP contribution is 2.31. The van der Waals surface area contributed by atoms with Crippen LogP contribution in [0.1, 0.15) is 5.56 Å². The Morgan fingerprint density at radius 3 is 2.90 bits per heavy atom. The van der Waals surface area contributed by atoms with Crippen molar-refractivity contribution in [2.75, 3.05) is 11.4 Å². The second kappa shape index (κ2) is 6.26. The number of hydrogen-bond acceptors (Lipinski definition) is 6. The Kier molecular flexibility index (Phi) is 3.70. The Morgan fingerprint density at radius 1 is 1.24 bits per heavy atom. The van der Waals surface area contributed by atoms with Gasteiger partial charge in [-0.05, 0) is 30.2 Å². The number of carbonyl (C=O) groups excluding carboxylic acids is 1. The molecule has 1 aliphatic heterocycles. The Bertz CT molecular complexity index is 1370. The third kappa shape index (κ3) is 2.66. The minimum atomic E-state index is -0.460. The van der Waals surface area contributed by atoms with Crippen molar-refractivity contribution >= 4 is 39.4 Å². The maximum absolute atomic E-state index is 12.8. The van der Waals surface area contributed by atoms with Crippen LogP contribution in [0.3, 0.4) is 0 Å². The second-order valence-corrected chi connectivity index (χ2v) is 6.82. The quantitative estimate of drug-likeness (QED) is 0.393. The van der Waals surface area contributed by atoms with E-state index in [1.807, 2.05) is 18.2 Å². The number of para-hydroxylation sites is 1. The number of nitro benzene ring substituents is 1. The summed E-state index contributed by atoms with van der Waals surface area (Å²) in [5.41, 5.74) is 2.08. The van der Waals surface area contributed by atoms with Crippen LogP contribution in [-0.2, 0) is 17.8 Å². The molecule has 3 heterocycles. The van der Waals surface area contributed by atoms with Gasteiger partial charge in [-0.3, -0.25) is 24.3 Å². The molecule has 4 aromatic rings. The third-order valence-corrected chi connectivity index (χ3v) is 5.13. The lowest BCUT2D eigenvalue weighted by atomic mass is 10.1. The molecule has 0 unspecified atom stereocenters. The highest BCUT2D eigenvalue weighted by molar-refractivity contribution is 6.02. The van der Waals surface area contributed by atoms with Crippen molar-refractivity contribution < 1.29 is 14.1 Å². The first-order valence-corrected chi connectivity index (χ1v) is 8.97. The van der Waals surface area contributed by atoms with Crippen LogP contribution in [0.5, 0.6) is 0 Å². The minimum absolute atomic E-state index is 0.00574. The van der Waals surface area contributed by atoms with Gasteiger partial charge in [0.1, 0.15) is 17.6 Å². The Labute approximate surface area is 162 Å². The maximum atomic E-state index is 12.8. The van der Waals surface area contributed by atoms with Crippen LogP contribution in [0.2, 0.25) is 0 Å². The summed E-state index contributed by atoms with van der Waals surface area (Å²) in [6.45, 7) is 0.208. The van der Waals surface area contributed by atoms with E-state index in [9.17, 15) is 19.7 Å². The zero-order valence-corrected chi connectivity index (χ0v) is 15.1. The molecule has 5 rings (SSSR count). The molecule has 9 nitrogen and oxygen atoms in total. The van der Waals surface area contributed by atoms with Crippen molar-refractivity contribution in [1.82, 2.24) is 9.55 Å². The van der Waals surface area contributed by atoms with Gasteiger partial charge in [-0.2, -0.15) is 0 Å². The highest BCUT2D eigenvalue weighted by Gasteiger charge is 2.27. The fourth-order valence-corrected chi connectivity index (χ4v) is 3.72. The summed E-state index contributed by atoms with van der Waals surface area (Å²) in [4.78, 5) is 42.0. The molecule has 0 radical (unpaired) electrons. The van der Waals surface area contributed by atoms with Crippen LogP contribution < -0.4 is 10.5 Å². The first-order valence-electron chi connectivity index (χ1n) is 8.97. The summed E-state index contributed by atoms with van der Waals surface area (Å²) < 4.78 is 6.86. The summed E-state index contributed by atoms with van der Waals surface area (Å²) in [5, 5.41) is 11.7. The summed E-state index contributed by atoms with van der Waals surface area (Å²) in [6.07, 6.45) is 1.87. The van der Waals surface area contributed by atoms with Crippen molar-refractivity contribution in [2.45, 2.75) is 13.0 Å². The van der Waals surface area contributed by atoms with E-state index in [0.29, 0.717) is 29.8 Å². The van der Waals surface area contributed by atoms with Gasteiger partial charge in [-0.1, -0.05) is 12.1 Å². The number of amides is 1. The number of anilines is 1. The van der Waals surface area contributed by atoms with Gasteiger partial charge in [-0.15, -0.1) is 0 Å². The molecule has 0 N–H and O–H groups in total. The van der Waals surface area contributed by atoms with Crippen LogP contribution in [0, 0.1) is 10.1 Å². The van der Waals surface area contributed by atoms with Gasteiger partial charge in [-0.25, -0.2) is 4.98 Å². The van der Waals surface area contributed by atoms with Crippen LogP contribution in [0.15, 0.2) is 58.0 Å². The summed E-state index contributed by atoms with van der Waals surface area (Å²) in [7, 11) is 0. The zero-order valence-electron chi connectivity index (χ0n) is 15.1. The van der Waals surface area contributed by atoms with Crippen molar-refractivity contribution in [3.05, 3.63) is 74.8 Å². The lowest BCUT2D eigenvalue weighted by Gasteiger charge is -2.17. The molecular formula is C20H14N4O5. The number of benzene rings is 2. The number of furan rings is 1. The van der Waals surface area contributed by atoms with Crippen molar-refractivity contribution in [2.24, 2.45) is 0 Å². The monoisotopic (exact) mass is 390 g/mol. The van der Waals surface area contributed by atoms with Gasteiger partial charge in [0.05, 0.1) is 11.3 Å². The van der Waals surface area contributed by atoms with Crippen molar-refractivity contribution in [1.29, 1.82) is 0 Å². The first kappa shape index (κ1) is 17.1. The molecule has 0 saturated carbocycles. The van der Waals surface area contributed by atoms with Gasteiger partial charge in [0.2, 0.25) is 11.5 Å². The van der Waals surface area contributed by atoms with Crippen LogP contribution in [0.25, 0.3) is 22.1 Å². The van der Waals surface area contributed by atoms with E-state index in [0.717, 1.165) is 10.9 Å². The largest absolute Gasteiger partial charge is 0.448 e. The molecule has 0 spiro atoms. The van der Waals surface area contributed by atoms with Crippen LogP contribution >= 0.6 is 0 Å².